The molecule has 1 aromatic rings. The molecule has 0 aliphatic rings. The first-order valence-electron chi connectivity index (χ1n) is 5.12. The normalized spacial score (nSPS) is 12.1. The first kappa shape index (κ1) is 13.3. The number of methoxy groups -OCH3 is 1. The van der Waals surface area contributed by atoms with Gasteiger partial charge in [0.25, 0.3) is 0 Å². The fraction of sp³-hybridized carbons (Fsp3) is 0.600. The standard InChI is InChI=1S/C10H17N3OS2/c1-8(5-14-2)13-10(15)11-4-3-9-6-16-7-12-9/h6-8H,3-5H2,1-2H3,(H2,11,13,15). The fourth-order valence-electron chi connectivity index (χ4n) is 1.23. The zero-order chi connectivity index (χ0) is 11.8. The zero-order valence-corrected chi connectivity index (χ0v) is 11.2. The molecule has 0 aromatic carbocycles. The number of thiocarbonyl (C=S) groups is 1. The number of hydrogen-bond donors (Lipinski definition) is 2. The summed E-state index contributed by atoms with van der Waals surface area (Å²) in [6.07, 6.45) is 0.893. The van der Waals surface area contributed by atoms with Gasteiger partial charge in [-0.3, -0.25) is 0 Å². The minimum absolute atomic E-state index is 0.226. The molecule has 0 fully saturated rings. The summed E-state index contributed by atoms with van der Waals surface area (Å²) in [5, 5.41) is 8.99. The van der Waals surface area contributed by atoms with Crippen LogP contribution < -0.4 is 10.6 Å². The van der Waals surface area contributed by atoms with Gasteiger partial charge in [0.05, 0.1) is 17.8 Å². The van der Waals surface area contributed by atoms with Crippen LogP contribution >= 0.6 is 23.6 Å². The van der Waals surface area contributed by atoms with Gasteiger partial charge in [0, 0.05) is 31.5 Å². The summed E-state index contributed by atoms with van der Waals surface area (Å²) in [7, 11) is 1.68. The molecule has 2 N–H and O–H groups in total. The van der Waals surface area contributed by atoms with Crippen LogP contribution in [0.5, 0.6) is 0 Å². The molecule has 6 heteroatoms. The van der Waals surface area contributed by atoms with Gasteiger partial charge >= 0.3 is 0 Å². The Morgan fingerprint density at radius 1 is 1.69 bits per heavy atom. The Bertz CT molecular complexity index is 303. The average molecular weight is 259 g/mol. The third-order valence-corrected chi connectivity index (χ3v) is 2.84. The largest absolute Gasteiger partial charge is 0.383 e. The second-order valence-corrected chi connectivity index (χ2v) is 4.61. The quantitative estimate of drug-likeness (QED) is 0.751. The van der Waals surface area contributed by atoms with Gasteiger partial charge in [-0.25, -0.2) is 4.98 Å². The van der Waals surface area contributed by atoms with Crippen LogP contribution in [-0.4, -0.2) is 36.4 Å². The van der Waals surface area contributed by atoms with Crippen LogP contribution in [0, 0.1) is 0 Å². The van der Waals surface area contributed by atoms with Gasteiger partial charge in [-0.2, -0.15) is 0 Å². The Hall–Kier alpha value is -0.720. The molecule has 0 spiro atoms. The Morgan fingerprint density at radius 3 is 3.12 bits per heavy atom. The van der Waals surface area contributed by atoms with Gasteiger partial charge in [0.1, 0.15) is 0 Å². The van der Waals surface area contributed by atoms with Crippen molar-refractivity contribution in [1.29, 1.82) is 0 Å². The molecule has 1 heterocycles. The molecule has 1 rings (SSSR count). The summed E-state index contributed by atoms with van der Waals surface area (Å²) in [5.74, 6) is 0. The van der Waals surface area contributed by atoms with Crippen LogP contribution in [0.3, 0.4) is 0 Å². The summed E-state index contributed by atoms with van der Waals surface area (Å²) in [6, 6.07) is 0.226. The lowest BCUT2D eigenvalue weighted by atomic mass is 10.3. The maximum Gasteiger partial charge on any atom is 0.166 e. The molecule has 4 nitrogen and oxygen atoms in total. The highest BCUT2D eigenvalue weighted by Crippen LogP contribution is 2.00. The first-order chi connectivity index (χ1) is 7.72. The van der Waals surface area contributed by atoms with Crippen molar-refractivity contribution in [2.45, 2.75) is 19.4 Å². The van der Waals surface area contributed by atoms with Crippen LogP contribution in [0.1, 0.15) is 12.6 Å². The topological polar surface area (TPSA) is 46.2 Å². The van der Waals surface area contributed by atoms with Crippen molar-refractivity contribution in [1.82, 2.24) is 15.6 Å². The molecular weight excluding hydrogens is 242 g/mol. The van der Waals surface area contributed by atoms with Crippen molar-refractivity contribution in [3.63, 3.8) is 0 Å². The van der Waals surface area contributed by atoms with E-state index in [0.29, 0.717) is 11.7 Å². The third-order valence-electron chi connectivity index (χ3n) is 1.94. The highest BCUT2D eigenvalue weighted by atomic mass is 32.1. The van der Waals surface area contributed by atoms with Crippen molar-refractivity contribution in [2.75, 3.05) is 20.3 Å². The summed E-state index contributed by atoms with van der Waals surface area (Å²) in [5.41, 5.74) is 2.94. The summed E-state index contributed by atoms with van der Waals surface area (Å²) >= 11 is 6.76. The second-order valence-electron chi connectivity index (χ2n) is 3.49. The lowest BCUT2D eigenvalue weighted by Gasteiger charge is -2.15. The van der Waals surface area contributed by atoms with Gasteiger partial charge < -0.3 is 15.4 Å². The Morgan fingerprint density at radius 2 is 2.50 bits per heavy atom. The van der Waals surface area contributed by atoms with Crippen LogP contribution in [-0.2, 0) is 11.2 Å². The van der Waals surface area contributed by atoms with E-state index in [4.69, 9.17) is 17.0 Å². The highest BCUT2D eigenvalue weighted by molar-refractivity contribution is 7.80. The van der Waals surface area contributed by atoms with E-state index in [1.165, 1.54) is 0 Å². The molecule has 0 aliphatic heterocycles. The maximum absolute atomic E-state index is 5.14. The van der Waals surface area contributed by atoms with Crippen LogP contribution in [0.15, 0.2) is 10.9 Å². The average Bonchev–Trinajstić information content (AvgIpc) is 2.70. The summed E-state index contributed by atoms with van der Waals surface area (Å²) in [6.45, 7) is 3.47. The number of ether oxygens (including phenoxy) is 1. The molecule has 0 amide bonds. The van der Waals surface area contributed by atoms with E-state index >= 15 is 0 Å². The number of thiazole rings is 1. The lowest BCUT2D eigenvalue weighted by Crippen LogP contribution is -2.43. The molecule has 1 aromatic heterocycles. The van der Waals surface area contributed by atoms with Crippen molar-refractivity contribution in [3.05, 3.63) is 16.6 Å². The van der Waals surface area contributed by atoms with Crippen molar-refractivity contribution in [2.24, 2.45) is 0 Å². The molecule has 0 saturated carbocycles. The first-order valence-corrected chi connectivity index (χ1v) is 6.48. The van der Waals surface area contributed by atoms with Gasteiger partial charge in [-0.1, -0.05) is 0 Å². The minimum atomic E-state index is 0.226. The Labute approximate surface area is 105 Å². The van der Waals surface area contributed by atoms with Crippen molar-refractivity contribution < 1.29 is 4.74 Å². The molecule has 1 unspecified atom stereocenters. The van der Waals surface area contributed by atoms with E-state index in [0.717, 1.165) is 18.7 Å². The molecule has 1 atom stereocenters. The van der Waals surface area contributed by atoms with Gasteiger partial charge in [-0.15, -0.1) is 11.3 Å². The van der Waals surface area contributed by atoms with E-state index in [2.05, 4.69) is 15.6 Å². The predicted octanol–water partition coefficient (Wildman–Crippen LogP) is 1.18. The lowest BCUT2D eigenvalue weighted by molar-refractivity contribution is 0.179. The minimum Gasteiger partial charge on any atom is -0.383 e. The summed E-state index contributed by atoms with van der Waals surface area (Å²) in [4.78, 5) is 4.20. The van der Waals surface area contributed by atoms with Crippen LogP contribution in [0.25, 0.3) is 0 Å². The van der Waals surface area contributed by atoms with E-state index < -0.39 is 0 Å². The molecule has 16 heavy (non-hydrogen) atoms. The van der Waals surface area contributed by atoms with Crippen molar-refractivity contribution >= 4 is 28.7 Å². The zero-order valence-electron chi connectivity index (χ0n) is 9.53. The maximum atomic E-state index is 5.14. The number of rotatable bonds is 6. The predicted molar refractivity (Wildman–Crippen MR) is 70.9 cm³/mol. The van der Waals surface area contributed by atoms with E-state index in [1.54, 1.807) is 18.4 Å². The SMILES string of the molecule is COCC(C)NC(=S)NCCc1cscn1. The third kappa shape index (κ3) is 5.39. The fourth-order valence-corrected chi connectivity index (χ4v) is 2.13. The molecule has 0 saturated heterocycles. The van der Waals surface area contributed by atoms with E-state index in [-0.39, 0.29) is 6.04 Å². The summed E-state index contributed by atoms with van der Waals surface area (Å²) < 4.78 is 5.01. The van der Waals surface area contributed by atoms with Gasteiger partial charge in [0.15, 0.2) is 5.11 Å². The van der Waals surface area contributed by atoms with Crippen LogP contribution in [0.4, 0.5) is 0 Å². The Balaban J connectivity index is 2.10. The molecule has 0 bridgehead atoms. The number of nitrogens with one attached hydrogen (secondary N) is 2. The smallest absolute Gasteiger partial charge is 0.166 e. The highest BCUT2D eigenvalue weighted by Gasteiger charge is 2.02. The Kier molecular flexibility index (Phi) is 6.29. The molecule has 0 aliphatic carbocycles. The van der Waals surface area contributed by atoms with E-state index in [1.807, 2.05) is 17.8 Å². The van der Waals surface area contributed by atoms with Gasteiger partial charge in [0.2, 0.25) is 0 Å². The number of aromatic nitrogens is 1. The number of nitrogens with zero attached hydrogens (tertiary/aromatic N) is 1. The van der Waals surface area contributed by atoms with E-state index in [9.17, 15) is 0 Å². The van der Waals surface area contributed by atoms with Crippen LogP contribution in [0.2, 0.25) is 0 Å². The molecular formula is C10H17N3OS2. The molecule has 0 radical (unpaired) electrons. The van der Waals surface area contributed by atoms with Crippen molar-refractivity contribution in [3.8, 4) is 0 Å². The monoisotopic (exact) mass is 259 g/mol. The van der Waals surface area contributed by atoms with Gasteiger partial charge in [-0.05, 0) is 19.1 Å². The molecule has 90 valence electrons. The number of hydrogen-bond acceptors (Lipinski definition) is 4. The second kappa shape index (κ2) is 7.54.